The van der Waals surface area contributed by atoms with Crippen LogP contribution in [0.1, 0.15) is 24.2 Å². The van der Waals surface area contributed by atoms with E-state index < -0.39 is 5.97 Å². The number of methoxy groups -OCH3 is 1. The summed E-state index contributed by atoms with van der Waals surface area (Å²) in [6.45, 7) is 2.77. The van der Waals surface area contributed by atoms with Gasteiger partial charge in [0.25, 0.3) is 0 Å². The molecule has 0 saturated carbocycles. The zero-order chi connectivity index (χ0) is 14.0. The molecule has 19 heavy (non-hydrogen) atoms. The highest BCUT2D eigenvalue weighted by Gasteiger charge is 2.17. The van der Waals surface area contributed by atoms with Gasteiger partial charge < -0.3 is 9.47 Å². The summed E-state index contributed by atoms with van der Waals surface area (Å²) in [6, 6.07) is 8.87. The zero-order valence-corrected chi connectivity index (χ0v) is 11.0. The summed E-state index contributed by atoms with van der Waals surface area (Å²) >= 11 is 0. The molecule has 0 radical (unpaired) electrons. The van der Waals surface area contributed by atoms with Gasteiger partial charge >= 0.3 is 5.97 Å². The van der Waals surface area contributed by atoms with Gasteiger partial charge in [0.15, 0.2) is 5.78 Å². The second kappa shape index (κ2) is 5.10. The number of hydrogen-bond acceptors (Lipinski definition) is 4. The van der Waals surface area contributed by atoms with Gasteiger partial charge in [0.1, 0.15) is 11.5 Å². The lowest BCUT2D eigenvalue weighted by Crippen LogP contribution is -2.05. The van der Waals surface area contributed by atoms with E-state index in [2.05, 4.69) is 0 Å². The molecule has 0 bridgehead atoms. The van der Waals surface area contributed by atoms with E-state index in [0.717, 1.165) is 10.8 Å². The summed E-state index contributed by atoms with van der Waals surface area (Å²) in [5, 5.41) is 1.48. The van der Waals surface area contributed by atoms with Crippen LogP contribution in [-0.4, -0.2) is 18.9 Å². The number of esters is 1. The Morgan fingerprint density at radius 1 is 1.05 bits per heavy atom. The fourth-order valence-corrected chi connectivity index (χ4v) is 2.04. The van der Waals surface area contributed by atoms with Crippen LogP contribution in [0.25, 0.3) is 10.8 Å². The van der Waals surface area contributed by atoms with E-state index in [1.54, 1.807) is 6.07 Å². The number of hydrogen-bond donors (Lipinski definition) is 0. The minimum Gasteiger partial charge on any atom is -0.495 e. The molecule has 0 fully saturated rings. The van der Waals surface area contributed by atoms with Crippen molar-refractivity contribution in [3.8, 4) is 11.5 Å². The average Bonchev–Trinajstić information content (AvgIpc) is 2.37. The summed E-state index contributed by atoms with van der Waals surface area (Å²) in [4.78, 5) is 22.8. The summed E-state index contributed by atoms with van der Waals surface area (Å²) in [5.41, 5.74) is 0.400. The smallest absolute Gasteiger partial charge is 0.308 e. The monoisotopic (exact) mass is 258 g/mol. The van der Waals surface area contributed by atoms with Gasteiger partial charge in [-0.25, -0.2) is 0 Å². The van der Waals surface area contributed by atoms with E-state index in [9.17, 15) is 9.59 Å². The van der Waals surface area contributed by atoms with Crippen molar-refractivity contribution in [3.05, 3.63) is 35.9 Å². The summed E-state index contributed by atoms with van der Waals surface area (Å²) < 4.78 is 10.5. The molecule has 0 heterocycles. The van der Waals surface area contributed by atoms with Gasteiger partial charge in [0, 0.05) is 17.7 Å². The molecule has 4 nitrogen and oxygen atoms in total. The molecule has 0 aliphatic rings. The van der Waals surface area contributed by atoms with Crippen LogP contribution in [0.4, 0.5) is 0 Å². The van der Waals surface area contributed by atoms with Crippen molar-refractivity contribution >= 4 is 22.5 Å². The molecule has 98 valence electrons. The number of ketones is 1. The second-order valence-corrected chi connectivity index (χ2v) is 4.15. The Kier molecular flexibility index (Phi) is 3.51. The minimum atomic E-state index is -0.426. The fourth-order valence-electron chi connectivity index (χ4n) is 2.04. The Morgan fingerprint density at radius 3 is 2.21 bits per heavy atom. The average molecular weight is 258 g/mol. The maximum absolute atomic E-state index is 11.7. The second-order valence-electron chi connectivity index (χ2n) is 4.15. The third-order valence-corrected chi connectivity index (χ3v) is 2.79. The molecule has 0 unspecified atom stereocenters. The number of fused-ring (bicyclic) bond motifs is 1. The lowest BCUT2D eigenvalue weighted by molar-refractivity contribution is -0.131. The first-order chi connectivity index (χ1) is 9.04. The van der Waals surface area contributed by atoms with Crippen molar-refractivity contribution in [2.24, 2.45) is 0 Å². The lowest BCUT2D eigenvalue weighted by atomic mass is 10.0. The standard InChI is InChI=1S/C15H14O4/c1-9(16)13-8-14(19-10(2)17)11-6-4-5-7-12(11)15(13)18-3/h4-8H,1-3H3. The number of ether oxygens (including phenoxy) is 2. The molecule has 0 aliphatic carbocycles. The SMILES string of the molecule is COc1c(C(C)=O)cc(OC(C)=O)c2ccccc12. The molecular formula is C15H14O4. The van der Waals surface area contributed by atoms with Gasteiger partial charge in [-0.15, -0.1) is 0 Å². The van der Waals surface area contributed by atoms with Gasteiger partial charge in [-0.3, -0.25) is 9.59 Å². The molecule has 0 saturated heterocycles. The Labute approximate surface area is 110 Å². The summed E-state index contributed by atoms with van der Waals surface area (Å²) in [5.74, 6) is 0.300. The van der Waals surface area contributed by atoms with Crippen LogP contribution in [0.5, 0.6) is 11.5 Å². The summed E-state index contributed by atoms with van der Waals surface area (Å²) in [7, 11) is 1.51. The van der Waals surface area contributed by atoms with Crippen LogP contribution in [-0.2, 0) is 4.79 Å². The molecule has 2 aromatic rings. The number of rotatable bonds is 3. The maximum atomic E-state index is 11.7. The van der Waals surface area contributed by atoms with E-state index in [1.165, 1.54) is 21.0 Å². The summed E-state index contributed by atoms with van der Waals surface area (Å²) in [6.07, 6.45) is 0. The highest BCUT2D eigenvalue weighted by Crippen LogP contribution is 2.36. The molecule has 0 atom stereocenters. The van der Waals surface area contributed by atoms with E-state index in [0.29, 0.717) is 17.1 Å². The number of Topliss-reactive ketones (excluding diaryl/α,β-unsaturated/α-hetero) is 1. The Hall–Kier alpha value is -2.36. The molecule has 0 N–H and O–H groups in total. The lowest BCUT2D eigenvalue weighted by Gasteiger charge is -2.13. The van der Waals surface area contributed by atoms with Crippen molar-refractivity contribution in [2.45, 2.75) is 13.8 Å². The van der Waals surface area contributed by atoms with Crippen LogP contribution < -0.4 is 9.47 Å². The molecule has 0 aromatic heterocycles. The van der Waals surface area contributed by atoms with Crippen LogP contribution in [0.15, 0.2) is 30.3 Å². The number of carbonyl (C=O) groups is 2. The maximum Gasteiger partial charge on any atom is 0.308 e. The van der Waals surface area contributed by atoms with E-state index in [4.69, 9.17) is 9.47 Å². The zero-order valence-electron chi connectivity index (χ0n) is 11.0. The van der Waals surface area contributed by atoms with Gasteiger partial charge in [-0.2, -0.15) is 0 Å². The normalized spacial score (nSPS) is 10.3. The van der Waals surface area contributed by atoms with E-state index >= 15 is 0 Å². The molecule has 2 aromatic carbocycles. The van der Waals surface area contributed by atoms with Gasteiger partial charge in [0.2, 0.25) is 0 Å². The van der Waals surface area contributed by atoms with Crippen molar-refractivity contribution in [1.82, 2.24) is 0 Å². The van der Waals surface area contributed by atoms with Crippen molar-refractivity contribution in [2.75, 3.05) is 7.11 Å². The van der Waals surface area contributed by atoms with Crippen molar-refractivity contribution < 1.29 is 19.1 Å². The predicted octanol–water partition coefficient (Wildman–Crippen LogP) is 2.98. The first kappa shape index (κ1) is 13.1. The van der Waals surface area contributed by atoms with E-state index in [1.807, 2.05) is 24.3 Å². The molecule has 0 aliphatic heterocycles. The van der Waals surface area contributed by atoms with Crippen LogP contribution in [0, 0.1) is 0 Å². The third-order valence-electron chi connectivity index (χ3n) is 2.79. The molecule has 4 heteroatoms. The Bertz CT molecular complexity index is 658. The minimum absolute atomic E-state index is 0.143. The van der Waals surface area contributed by atoms with Gasteiger partial charge in [0.05, 0.1) is 12.7 Å². The van der Waals surface area contributed by atoms with Crippen molar-refractivity contribution in [1.29, 1.82) is 0 Å². The highest BCUT2D eigenvalue weighted by molar-refractivity contribution is 6.06. The number of benzene rings is 2. The predicted molar refractivity (Wildman–Crippen MR) is 71.8 cm³/mol. The first-order valence-electron chi connectivity index (χ1n) is 5.83. The first-order valence-corrected chi connectivity index (χ1v) is 5.83. The highest BCUT2D eigenvalue weighted by atomic mass is 16.5. The van der Waals surface area contributed by atoms with Crippen LogP contribution in [0.2, 0.25) is 0 Å². The van der Waals surface area contributed by atoms with Gasteiger partial charge in [-0.1, -0.05) is 24.3 Å². The molecular weight excluding hydrogens is 244 g/mol. The number of carbonyl (C=O) groups excluding carboxylic acids is 2. The Balaban J connectivity index is 2.82. The van der Waals surface area contributed by atoms with Crippen LogP contribution >= 0.6 is 0 Å². The van der Waals surface area contributed by atoms with Crippen molar-refractivity contribution in [3.63, 3.8) is 0 Å². The quantitative estimate of drug-likeness (QED) is 0.482. The molecule has 0 spiro atoms. The largest absolute Gasteiger partial charge is 0.495 e. The fraction of sp³-hybridized carbons (Fsp3) is 0.200. The van der Waals surface area contributed by atoms with Gasteiger partial charge in [-0.05, 0) is 13.0 Å². The molecule has 0 amide bonds. The third kappa shape index (κ3) is 2.42. The Morgan fingerprint density at radius 2 is 1.68 bits per heavy atom. The van der Waals surface area contributed by atoms with Crippen LogP contribution in [0.3, 0.4) is 0 Å². The molecule has 2 rings (SSSR count). The topological polar surface area (TPSA) is 52.6 Å². The van der Waals surface area contributed by atoms with E-state index in [-0.39, 0.29) is 5.78 Å².